The van der Waals surface area contributed by atoms with Crippen molar-refractivity contribution >= 4 is 40.4 Å². The summed E-state index contributed by atoms with van der Waals surface area (Å²) in [5.41, 5.74) is 6.73. The van der Waals surface area contributed by atoms with E-state index >= 15 is 0 Å². The number of nitrogens with zero attached hydrogens (tertiary/aromatic N) is 2. The van der Waals surface area contributed by atoms with Crippen molar-refractivity contribution in [3.8, 4) is 0 Å². The van der Waals surface area contributed by atoms with E-state index in [1.54, 1.807) is 18.2 Å². The van der Waals surface area contributed by atoms with E-state index in [0.717, 1.165) is 0 Å². The maximum Gasteiger partial charge on any atom is 0.277 e. The molecule has 0 aliphatic heterocycles. The molecular formula is C10H8ClN5OS. The molecular weight excluding hydrogens is 274 g/mol. The van der Waals surface area contributed by atoms with E-state index in [1.165, 1.54) is 6.20 Å². The van der Waals surface area contributed by atoms with E-state index in [-0.39, 0.29) is 10.7 Å². The van der Waals surface area contributed by atoms with Crippen LogP contribution in [0.2, 0.25) is 5.02 Å². The van der Waals surface area contributed by atoms with E-state index < -0.39 is 5.91 Å². The average molecular weight is 282 g/mol. The highest BCUT2D eigenvalue weighted by atomic mass is 35.5. The number of halogens is 1. The van der Waals surface area contributed by atoms with E-state index in [4.69, 9.17) is 29.6 Å². The molecule has 2 rings (SSSR count). The second-order valence-electron chi connectivity index (χ2n) is 3.37. The number of carbonyl (C=O) groups is 1. The molecule has 0 unspecified atom stereocenters. The first-order chi connectivity index (χ1) is 8.58. The number of aromatic amines is 1. The molecule has 92 valence electrons. The third-order valence-electron chi connectivity index (χ3n) is 2.15. The minimum absolute atomic E-state index is 0.171. The van der Waals surface area contributed by atoms with Crippen molar-refractivity contribution in [2.45, 2.75) is 0 Å². The Kier molecular flexibility index (Phi) is 3.54. The number of hydrogen-bond acceptors (Lipinski definition) is 4. The van der Waals surface area contributed by atoms with Gasteiger partial charge in [0.2, 0.25) is 0 Å². The van der Waals surface area contributed by atoms with E-state index in [9.17, 15) is 4.79 Å². The van der Waals surface area contributed by atoms with Gasteiger partial charge in [0.1, 0.15) is 4.99 Å². The van der Waals surface area contributed by atoms with Gasteiger partial charge in [0.05, 0.1) is 16.9 Å². The molecule has 0 atom stereocenters. The van der Waals surface area contributed by atoms with Gasteiger partial charge in [0, 0.05) is 5.56 Å². The van der Waals surface area contributed by atoms with Crippen molar-refractivity contribution in [1.29, 1.82) is 0 Å². The molecule has 2 aromatic rings. The summed E-state index contributed by atoms with van der Waals surface area (Å²) in [6.45, 7) is 0. The molecule has 6 nitrogen and oxygen atoms in total. The first kappa shape index (κ1) is 12.5. The first-order valence-electron chi connectivity index (χ1n) is 4.84. The Morgan fingerprint density at radius 1 is 1.50 bits per heavy atom. The number of aromatic nitrogens is 3. The van der Waals surface area contributed by atoms with E-state index in [1.807, 2.05) is 0 Å². The highest BCUT2D eigenvalue weighted by Gasteiger charge is 2.11. The van der Waals surface area contributed by atoms with Crippen LogP contribution < -0.4 is 11.1 Å². The van der Waals surface area contributed by atoms with Crippen molar-refractivity contribution in [3.05, 3.63) is 40.7 Å². The Bertz CT molecular complexity index is 598. The topological polar surface area (TPSA) is 96.7 Å². The zero-order chi connectivity index (χ0) is 13.1. The van der Waals surface area contributed by atoms with Crippen LogP contribution in [0.1, 0.15) is 16.1 Å². The molecule has 18 heavy (non-hydrogen) atoms. The number of amides is 1. The molecule has 0 spiro atoms. The van der Waals surface area contributed by atoms with Gasteiger partial charge < -0.3 is 11.1 Å². The lowest BCUT2D eigenvalue weighted by molar-refractivity contribution is 0.102. The van der Waals surface area contributed by atoms with E-state index in [2.05, 4.69) is 20.7 Å². The number of anilines is 1. The summed E-state index contributed by atoms with van der Waals surface area (Å²) in [4.78, 5) is 11.9. The molecule has 1 heterocycles. The monoisotopic (exact) mass is 281 g/mol. The standard InChI is InChI=1S/C10H8ClN5OS/c11-6-3-5(9(12)18)1-2-7(6)14-10(17)8-4-13-16-15-8/h1-4H,(H2,12,18)(H,14,17)(H,13,15,16). The van der Waals surface area contributed by atoms with Crippen LogP contribution in [0.15, 0.2) is 24.4 Å². The SMILES string of the molecule is NC(=S)c1ccc(NC(=O)c2cn[nH]n2)c(Cl)c1. The van der Waals surface area contributed by atoms with Crippen molar-refractivity contribution < 1.29 is 4.79 Å². The summed E-state index contributed by atoms with van der Waals surface area (Å²) < 4.78 is 0. The number of thiocarbonyl (C=S) groups is 1. The quantitative estimate of drug-likeness (QED) is 0.738. The fourth-order valence-electron chi connectivity index (χ4n) is 1.27. The second kappa shape index (κ2) is 5.11. The normalized spacial score (nSPS) is 10.1. The molecule has 1 aromatic heterocycles. The first-order valence-corrected chi connectivity index (χ1v) is 5.63. The zero-order valence-corrected chi connectivity index (χ0v) is 10.5. The lowest BCUT2D eigenvalue weighted by atomic mass is 10.2. The predicted octanol–water partition coefficient (Wildman–Crippen LogP) is 1.34. The summed E-state index contributed by atoms with van der Waals surface area (Å²) >= 11 is 10.8. The Balaban J connectivity index is 2.20. The van der Waals surface area contributed by atoms with Crippen LogP contribution in [0.25, 0.3) is 0 Å². The van der Waals surface area contributed by atoms with Gasteiger partial charge in [-0.2, -0.15) is 15.4 Å². The Morgan fingerprint density at radius 3 is 2.83 bits per heavy atom. The summed E-state index contributed by atoms with van der Waals surface area (Å²) in [6, 6.07) is 4.88. The van der Waals surface area contributed by atoms with Gasteiger partial charge in [0.15, 0.2) is 5.69 Å². The molecule has 0 saturated carbocycles. The van der Waals surface area contributed by atoms with Crippen LogP contribution in [0.5, 0.6) is 0 Å². The zero-order valence-electron chi connectivity index (χ0n) is 8.98. The molecule has 4 N–H and O–H groups in total. The molecule has 0 aliphatic rings. The molecule has 1 aromatic carbocycles. The van der Waals surface area contributed by atoms with Crippen LogP contribution in [-0.2, 0) is 0 Å². The van der Waals surface area contributed by atoms with Crippen LogP contribution in [0.4, 0.5) is 5.69 Å². The fraction of sp³-hybridized carbons (Fsp3) is 0. The van der Waals surface area contributed by atoms with Gasteiger partial charge in [-0.05, 0) is 18.2 Å². The maximum atomic E-state index is 11.7. The number of H-pyrrole nitrogens is 1. The van der Waals surface area contributed by atoms with Gasteiger partial charge in [-0.3, -0.25) is 4.79 Å². The van der Waals surface area contributed by atoms with Crippen molar-refractivity contribution in [3.63, 3.8) is 0 Å². The Labute approximate surface area is 113 Å². The minimum Gasteiger partial charge on any atom is -0.389 e. The third-order valence-corrected chi connectivity index (χ3v) is 2.70. The molecule has 0 aliphatic carbocycles. The fourth-order valence-corrected chi connectivity index (χ4v) is 1.62. The van der Waals surface area contributed by atoms with Crippen LogP contribution in [0.3, 0.4) is 0 Å². The maximum absolute atomic E-state index is 11.7. The number of nitrogens with one attached hydrogen (secondary N) is 2. The van der Waals surface area contributed by atoms with Gasteiger partial charge >= 0.3 is 0 Å². The van der Waals surface area contributed by atoms with Gasteiger partial charge in [0.25, 0.3) is 5.91 Å². The molecule has 0 fully saturated rings. The number of nitrogens with two attached hydrogens (primary N) is 1. The van der Waals surface area contributed by atoms with Crippen molar-refractivity contribution in [1.82, 2.24) is 15.4 Å². The van der Waals surface area contributed by atoms with Crippen molar-refractivity contribution in [2.75, 3.05) is 5.32 Å². The number of benzene rings is 1. The molecule has 0 bridgehead atoms. The van der Waals surface area contributed by atoms with Gasteiger partial charge in [-0.25, -0.2) is 0 Å². The molecule has 0 saturated heterocycles. The van der Waals surface area contributed by atoms with Crippen LogP contribution in [0, 0.1) is 0 Å². The minimum atomic E-state index is -0.409. The summed E-state index contributed by atoms with van der Waals surface area (Å²) in [6.07, 6.45) is 1.31. The lowest BCUT2D eigenvalue weighted by Gasteiger charge is -2.07. The summed E-state index contributed by atoms with van der Waals surface area (Å²) in [7, 11) is 0. The second-order valence-corrected chi connectivity index (χ2v) is 4.22. The Morgan fingerprint density at radius 2 is 2.28 bits per heavy atom. The lowest BCUT2D eigenvalue weighted by Crippen LogP contribution is -2.14. The summed E-state index contributed by atoms with van der Waals surface area (Å²) in [5, 5.41) is 12.5. The smallest absolute Gasteiger partial charge is 0.277 e. The average Bonchev–Trinajstić information content (AvgIpc) is 2.85. The number of carbonyl (C=O) groups excluding carboxylic acids is 1. The Hall–Kier alpha value is -1.99. The largest absolute Gasteiger partial charge is 0.389 e. The highest BCUT2D eigenvalue weighted by molar-refractivity contribution is 7.80. The van der Waals surface area contributed by atoms with Crippen molar-refractivity contribution in [2.24, 2.45) is 5.73 Å². The van der Waals surface area contributed by atoms with E-state index in [0.29, 0.717) is 16.3 Å². The number of rotatable bonds is 3. The van der Waals surface area contributed by atoms with Gasteiger partial charge in [-0.1, -0.05) is 23.8 Å². The predicted molar refractivity (Wildman–Crippen MR) is 71.7 cm³/mol. The molecule has 0 radical (unpaired) electrons. The number of hydrogen-bond donors (Lipinski definition) is 3. The highest BCUT2D eigenvalue weighted by Crippen LogP contribution is 2.23. The molecule has 1 amide bonds. The van der Waals surface area contributed by atoms with Gasteiger partial charge in [-0.15, -0.1) is 0 Å². The van der Waals surface area contributed by atoms with Crippen LogP contribution >= 0.6 is 23.8 Å². The van der Waals surface area contributed by atoms with Crippen LogP contribution in [-0.4, -0.2) is 26.3 Å². The third kappa shape index (κ3) is 2.63. The summed E-state index contributed by atoms with van der Waals surface area (Å²) in [5.74, 6) is -0.409. The molecule has 8 heteroatoms.